The lowest BCUT2D eigenvalue weighted by Gasteiger charge is -2.28. The van der Waals surface area contributed by atoms with E-state index in [1.807, 2.05) is 0 Å². The molecule has 2 atom stereocenters. The van der Waals surface area contributed by atoms with Gasteiger partial charge in [0, 0.05) is 12.6 Å². The van der Waals surface area contributed by atoms with Gasteiger partial charge in [-0.25, -0.2) is 0 Å². The number of hydrogen-bond donors (Lipinski definition) is 1. The summed E-state index contributed by atoms with van der Waals surface area (Å²) < 4.78 is 5.85. The molecule has 1 aliphatic heterocycles. The minimum absolute atomic E-state index is 0.497. The molecule has 1 aliphatic rings. The van der Waals surface area contributed by atoms with Crippen LogP contribution < -0.4 is 10.1 Å². The Balaban J connectivity index is 1.84. The molecule has 3 nitrogen and oxygen atoms in total. The highest BCUT2D eigenvalue weighted by molar-refractivity contribution is 5.30. The maximum absolute atomic E-state index is 5.85. The summed E-state index contributed by atoms with van der Waals surface area (Å²) in [7, 11) is 4.19. The second-order valence-corrected chi connectivity index (χ2v) is 6.22. The fourth-order valence-electron chi connectivity index (χ4n) is 2.68. The summed E-state index contributed by atoms with van der Waals surface area (Å²) in [6.45, 7) is 5.30. The minimum atomic E-state index is 0.497. The molecule has 0 saturated carbocycles. The van der Waals surface area contributed by atoms with Crippen molar-refractivity contribution in [1.82, 2.24) is 10.2 Å². The van der Waals surface area contributed by atoms with E-state index in [0.29, 0.717) is 6.04 Å². The van der Waals surface area contributed by atoms with Gasteiger partial charge in [0.05, 0.1) is 6.61 Å². The van der Waals surface area contributed by atoms with Gasteiger partial charge in [-0.3, -0.25) is 0 Å². The van der Waals surface area contributed by atoms with Crippen molar-refractivity contribution < 1.29 is 4.74 Å². The van der Waals surface area contributed by atoms with Crippen molar-refractivity contribution in [3.63, 3.8) is 0 Å². The first-order valence-electron chi connectivity index (χ1n) is 7.76. The van der Waals surface area contributed by atoms with Crippen molar-refractivity contribution in [2.45, 2.75) is 32.2 Å². The second kappa shape index (κ2) is 7.65. The molecule has 0 spiro atoms. The van der Waals surface area contributed by atoms with Crippen molar-refractivity contribution in [3.05, 3.63) is 29.8 Å². The highest BCUT2D eigenvalue weighted by Gasteiger charge is 2.18. The van der Waals surface area contributed by atoms with Gasteiger partial charge in [-0.1, -0.05) is 19.1 Å². The quantitative estimate of drug-likeness (QED) is 0.808. The van der Waals surface area contributed by atoms with Crippen LogP contribution >= 0.6 is 0 Å². The van der Waals surface area contributed by atoms with Crippen LogP contribution in [-0.4, -0.2) is 38.7 Å². The van der Waals surface area contributed by atoms with Gasteiger partial charge in [0.25, 0.3) is 0 Å². The maximum atomic E-state index is 5.85. The largest absolute Gasteiger partial charge is 0.494 e. The van der Waals surface area contributed by atoms with Crippen molar-refractivity contribution in [2.24, 2.45) is 5.92 Å². The van der Waals surface area contributed by atoms with Crippen molar-refractivity contribution in [3.8, 4) is 5.75 Å². The number of ether oxygens (including phenoxy) is 1. The molecule has 1 saturated heterocycles. The molecule has 1 fully saturated rings. The van der Waals surface area contributed by atoms with Crippen LogP contribution in [0.4, 0.5) is 0 Å². The van der Waals surface area contributed by atoms with E-state index < -0.39 is 0 Å². The van der Waals surface area contributed by atoms with E-state index in [1.165, 1.54) is 18.4 Å². The summed E-state index contributed by atoms with van der Waals surface area (Å²) in [4.78, 5) is 2.19. The van der Waals surface area contributed by atoms with E-state index in [4.69, 9.17) is 4.74 Å². The van der Waals surface area contributed by atoms with E-state index in [0.717, 1.165) is 37.8 Å². The Bertz CT molecular complexity index is 398. The smallest absolute Gasteiger partial charge is 0.119 e. The normalized spacial score (nSPS) is 23.0. The second-order valence-electron chi connectivity index (χ2n) is 6.22. The SMILES string of the molecule is CC1CCC(c2cccc(OCCCN(C)C)c2)NC1. The van der Waals surface area contributed by atoms with Crippen molar-refractivity contribution in [2.75, 3.05) is 33.8 Å². The minimum Gasteiger partial charge on any atom is -0.494 e. The van der Waals surface area contributed by atoms with Crippen molar-refractivity contribution in [1.29, 1.82) is 0 Å². The number of nitrogens with zero attached hydrogens (tertiary/aromatic N) is 1. The van der Waals surface area contributed by atoms with Gasteiger partial charge in [0.2, 0.25) is 0 Å². The van der Waals surface area contributed by atoms with Gasteiger partial charge >= 0.3 is 0 Å². The van der Waals surface area contributed by atoms with Gasteiger partial charge in [-0.2, -0.15) is 0 Å². The monoisotopic (exact) mass is 276 g/mol. The van der Waals surface area contributed by atoms with Crippen LogP contribution in [0, 0.1) is 5.92 Å². The molecule has 3 heteroatoms. The zero-order valence-electron chi connectivity index (χ0n) is 13.1. The van der Waals surface area contributed by atoms with Crippen LogP contribution in [0.1, 0.15) is 37.8 Å². The molecular formula is C17H28N2O. The number of rotatable bonds is 6. The van der Waals surface area contributed by atoms with E-state index in [9.17, 15) is 0 Å². The summed E-state index contributed by atoms with van der Waals surface area (Å²) >= 11 is 0. The topological polar surface area (TPSA) is 24.5 Å². The lowest BCUT2D eigenvalue weighted by molar-refractivity contribution is 0.280. The predicted octanol–water partition coefficient (Wildman–Crippen LogP) is 3.08. The first-order valence-corrected chi connectivity index (χ1v) is 7.76. The molecule has 1 aromatic carbocycles. The van der Waals surface area contributed by atoms with Gasteiger partial charge in [-0.15, -0.1) is 0 Å². The standard InChI is InChI=1S/C17H28N2O/c1-14-8-9-17(18-13-14)15-6-4-7-16(12-15)20-11-5-10-19(2)3/h4,6-7,12,14,17-18H,5,8-11,13H2,1-3H3. The van der Waals surface area contributed by atoms with E-state index in [2.05, 4.69) is 55.5 Å². The predicted molar refractivity (Wildman–Crippen MR) is 84.2 cm³/mol. The molecule has 1 heterocycles. The van der Waals surface area contributed by atoms with Crippen LogP contribution in [0.3, 0.4) is 0 Å². The Hall–Kier alpha value is -1.06. The van der Waals surface area contributed by atoms with Gasteiger partial charge in [0.1, 0.15) is 5.75 Å². The maximum Gasteiger partial charge on any atom is 0.119 e. The van der Waals surface area contributed by atoms with Crippen LogP contribution in [0.25, 0.3) is 0 Å². The van der Waals surface area contributed by atoms with Gasteiger partial charge in [-0.05, 0) is 63.5 Å². The molecular weight excluding hydrogens is 248 g/mol. The fourth-order valence-corrected chi connectivity index (χ4v) is 2.68. The number of nitrogens with one attached hydrogen (secondary N) is 1. The zero-order chi connectivity index (χ0) is 14.4. The summed E-state index contributed by atoms with van der Waals surface area (Å²) in [5.74, 6) is 1.80. The first kappa shape index (κ1) is 15.3. The van der Waals surface area contributed by atoms with E-state index >= 15 is 0 Å². The zero-order valence-corrected chi connectivity index (χ0v) is 13.1. The molecule has 2 unspecified atom stereocenters. The molecule has 0 amide bonds. The number of piperidine rings is 1. The van der Waals surface area contributed by atoms with Gasteiger partial charge < -0.3 is 15.0 Å². The third kappa shape index (κ3) is 4.80. The van der Waals surface area contributed by atoms with E-state index in [-0.39, 0.29) is 0 Å². The van der Waals surface area contributed by atoms with Gasteiger partial charge in [0.15, 0.2) is 0 Å². The molecule has 0 radical (unpaired) electrons. The molecule has 2 rings (SSSR count). The average molecular weight is 276 g/mol. The average Bonchev–Trinajstić information content (AvgIpc) is 2.44. The summed E-state index contributed by atoms with van der Waals surface area (Å²) in [6, 6.07) is 9.07. The molecule has 0 aliphatic carbocycles. The van der Waals surface area contributed by atoms with Crippen LogP contribution in [0.2, 0.25) is 0 Å². The molecule has 20 heavy (non-hydrogen) atoms. The first-order chi connectivity index (χ1) is 9.65. The summed E-state index contributed by atoms with van der Waals surface area (Å²) in [5, 5.41) is 3.63. The fraction of sp³-hybridized carbons (Fsp3) is 0.647. The Morgan fingerprint density at radius 1 is 1.30 bits per heavy atom. The van der Waals surface area contributed by atoms with Crippen molar-refractivity contribution >= 4 is 0 Å². The Morgan fingerprint density at radius 3 is 2.85 bits per heavy atom. The Morgan fingerprint density at radius 2 is 2.15 bits per heavy atom. The number of hydrogen-bond acceptors (Lipinski definition) is 3. The lowest BCUT2D eigenvalue weighted by Crippen LogP contribution is -2.31. The molecule has 1 aromatic rings. The third-order valence-corrected chi connectivity index (χ3v) is 3.94. The Kier molecular flexibility index (Phi) is 5.86. The highest BCUT2D eigenvalue weighted by Crippen LogP contribution is 2.27. The Labute approximate surface area is 123 Å². The third-order valence-electron chi connectivity index (χ3n) is 3.94. The summed E-state index contributed by atoms with van der Waals surface area (Å²) in [6.07, 6.45) is 3.60. The van der Waals surface area contributed by atoms with E-state index in [1.54, 1.807) is 0 Å². The van der Waals surface area contributed by atoms with Crippen LogP contribution in [-0.2, 0) is 0 Å². The van der Waals surface area contributed by atoms with Crippen LogP contribution in [0.5, 0.6) is 5.75 Å². The number of benzene rings is 1. The molecule has 0 aromatic heterocycles. The van der Waals surface area contributed by atoms with Crippen LogP contribution in [0.15, 0.2) is 24.3 Å². The summed E-state index contributed by atoms with van der Waals surface area (Å²) in [5.41, 5.74) is 1.36. The lowest BCUT2D eigenvalue weighted by atomic mass is 9.92. The highest BCUT2D eigenvalue weighted by atomic mass is 16.5. The molecule has 0 bridgehead atoms. The molecule has 1 N–H and O–H groups in total. The molecule has 112 valence electrons.